The highest BCUT2D eigenvalue weighted by Crippen LogP contribution is 2.23. The van der Waals surface area contributed by atoms with Crippen LogP contribution in [0.4, 0.5) is 5.69 Å². The SMILES string of the molecule is CC(=CC(=O)Oc1ccc(NC(=O)c2cnn(C)c2)cc1)c1ccccc1Cl. The van der Waals surface area contributed by atoms with Crippen molar-refractivity contribution in [3.05, 3.63) is 83.2 Å². The maximum atomic E-state index is 12.1. The molecule has 0 radical (unpaired) electrons. The average molecular weight is 396 g/mol. The molecule has 0 unspecified atom stereocenters. The highest BCUT2D eigenvalue weighted by atomic mass is 35.5. The van der Waals surface area contributed by atoms with E-state index in [0.29, 0.717) is 27.6 Å². The summed E-state index contributed by atoms with van der Waals surface area (Å²) in [5, 5.41) is 7.28. The Morgan fingerprint density at radius 3 is 2.50 bits per heavy atom. The van der Waals surface area contributed by atoms with Gasteiger partial charge < -0.3 is 10.1 Å². The van der Waals surface area contributed by atoms with Crippen molar-refractivity contribution in [1.82, 2.24) is 9.78 Å². The van der Waals surface area contributed by atoms with Crippen LogP contribution < -0.4 is 10.1 Å². The number of aromatic nitrogens is 2. The predicted molar refractivity (Wildman–Crippen MR) is 108 cm³/mol. The van der Waals surface area contributed by atoms with Crippen molar-refractivity contribution in [2.45, 2.75) is 6.92 Å². The summed E-state index contributed by atoms with van der Waals surface area (Å²) in [6.07, 6.45) is 4.50. The Morgan fingerprint density at radius 1 is 1.14 bits per heavy atom. The van der Waals surface area contributed by atoms with E-state index in [1.165, 1.54) is 12.3 Å². The number of benzene rings is 2. The summed E-state index contributed by atoms with van der Waals surface area (Å²) in [7, 11) is 1.74. The molecule has 7 heteroatoms. The van der Waals surface area contributed by atoms with Crippen molar-refractivity contribution in [1.29, 1.82) is 0 Å². The van der Waals surface area contributed by atoms with E-state index in [9.17, 15) is 9.59 Å². The van der Waals surface area contributed by atoms with Gasteiger partial charge in [0.15, 0.2) is 0 Å². The number of carbonyl (C=O) groups is 2. The molecule has 0 aliphatic heterocycles. The summed E-state index contributed by atoms with van der Waals surface area (Å²) in [6.45, 7) is 1.79. The lowest BCUT2D eigenvalue weighted by molar-refractivity contribution is -0.128. The van der Waals surface area contributed by atoms with Crippen molar-refractivity contribution in [3.8, 4) is 5.75 Å². The number of esters is 1. The Labute approximate surface area is 167 Å². The molecule has 1 N–H and O–H groups in total. The smallest absolute Gasteiger partial charge is 0.336 e. The number of nitrogens with one attached hydrogen (secondary N) is 1. The van der Waals surface area contributed by atoms with Crippen molar-refractivity contribution in [2.24, 2.45) is 7.05 Å². The number of rotatable bonds is 5. The molecule has 0 fully saturated rings. The van der Waals surface area contributed by atoms with Crippen molar-refractivity contribution in [3.63, 3.8) is 0 Å². The predicted octanol–water partition coefficient (Wildman–Crippen LogP) is 4.33. The molecule has 0 aliphatic carbocycles. The third-order valence-electron chi connectivity index (χ3n) is 3.93. The second-order valence-corrected chi connectivity index (χ2v) is 6.52. The normalized spacial score (nSPS) is 11.2. The Morgan fingerprint density at radius 2 is 1.86 bits per heavy atom. The lowest BCUT2D eigenvalue weighted by Crippen LogP contribution is -2.11. The minimum Gasteiger partial charge on any atom is -0.423 e. The number of anilines is 1. The fraction of sp³-hybridized carbons (Fsp3) is 0.0952. The molecule has 1 heterocycles. The molecule has 3 rings (SSSR count). The third kappa shape index (κ3) is 4.86. The number of hydrogen-bond acceptors (Lipinski definition) is 4. The molecule has 0 spiro atoms. The van der Waals surface area contributed by atoms with Crippen LogP contribution in [0.25, 0.3) is 5.57 Å². The van der Waals surface area contributed by atoms with Gasteiger partial charge in [0.05, 0.1) is 11.8 Å². The molecule has 2 aromatic carbocycles. The van der Waals surface area contributed by atoms with Gasteiger partial charge in [0, 0.05) is 30.0 Å². The zero-order chi connectivity index (χ0) is 20.1. The first kappa shape index (κ1) is 19.4. The molecule has 0 bridgehead atoms. The van der Waals surface area contributed by atoms with Crippen LogP contribution in [0.15, 0.2) is 67.0 Å². The van der Waals surface area contributed by atoms with Gasteiger partial charge in [-0.3, -0.25) is 9.48 Å². The van der Waals surface area contributed by atoms with Crippen LogP contribution in [-0.4, -0.2) is 21.7 Å². The van der Waals surface area contributed by atoms with Gasteiger partial charge in [-0.25, -0.2) is 4.79 Å². The monoisotopic (exact) mass is 395 g/mol. The first-order chi connectivity index (χ1) is 13.4. The van der Waals surface area contributed by atoms with Crippen LogP contribution in [0.5, 0.6) is 5.75 Å². The zero-order valence-electron chi connectivity index (χ0n) is 15.3. The first-order valence-electron chi connectivity index (χ1n) is 8.47. The first-order valence-corrected chi connectivity index (χ1v) is 8.85. The summed E-state index contributed by atoms with van der Waals surface area (Å²) in [5.74, 6) is -0.409. The summed E-state index contributed by atoms with van der Waals surface area (Å²) in [5.41, 5.74) is 2.51. The molecule has 0 saturated heterocycles. The fourth-order valence-electron chi connectivity index (χ4n) is 2.53. The van der Waals surface area contributed by atoms with E-state index in [1.807, 2.05) is 18.2 Å². The van der Waals surface area contributed by atoms with Crippen LogP contribution in [0.1, 0.15) is 22.8 Å². The second kappa shape index (κ2) is 8.54. The molecule has 0 saturated carbocycles. The highest BCUT2D eigenvalue weighted by Gasteiger charge is 2.09. The minimum absolute atomic E-state index is 0.267. The van der Waals surface area contributed by atoms with E-state index in [-0.39, 0.29) is 5.91 Å². The van der Waals surface area contributed by atoms with Gasteiger partial charge in [-0.1, -0.05) is 29.8 Å². The number of carbonyl (C=O) groups excluding carboxylic acids is 2. The molecule has 6 nitrogen and oxygen atoms in total. The molecule has 1 aromatic heterocycles. The lowest BCUT2D eigenvalue weighted by Gasteiger charge is -2.07. The maximum Gasteiger partial charge on any atom is 0.336 e. The van der Waals surface area contributed by atoms with E-state index < -0.39 is 5.97 Å². The second-order valence-electron chi connectivity index (χ2n) is 6.11. The largest absolute Gasteiger partial charge is 0.423 e. The van der Waals surface area contributed by atoms with E-state index in [4.69, 9.17) is 16.3 Å². The number of amides is 1. The third-order valence-corrected chi connectivity index (χ3v) is 4.26. The van der Waals surface area contributed by atoms with Crippen LogP contribution in [0.3, 0.4) is 0 Å². The summed E-state index contributed by atoms with van der Waals surface area (Å²) in [6, 6.07) is 13.8. The molecular formula is C21H18ClN3O3. The Balaban J connectivity index is 1.62. The molecule has 1 amide bonds. The van der Waals surface area contributed by atoms with Gasteiger partial charge in [-0.2, -0.15) is 5.10 Å². The van der Waals surface area contributed by atoms with E-state index >= 15 is 0 Å². The quantitative estimate of drug-likeness (QED) is 0.396. The highest BCUT2D eigenvalue weighted by molar-refractivity contribution is 6.32. The topological polar surface area (TPSA) is 73.2 Å². The zero-order valence-corrected chi connectivity index (χ0v) is 16.1. The Bertz CT molecular complexity index is 1040. The number of hydrogen-bond donors (Lipinski definition) is 1. The molecule has 142 valence electrons. The van der Waals surface area contributed by atoms with Gasteiger partial charge >= 0.3 is 5.97 Å². The number of nitrogens with zero attached hydrogens (tertiary/aromatic N) is 2. The number of halogens is 1. The fourth-order valence-corrected chi connectivity index (χ4v) is 2.81. The van der Waals surface area contributed by atoms with Gasteiger partial charge in [-0.15, -0.1) is 0 Å². The Hall–Kier alpha value is -3.38. The van der Waals surface area contributed by atoms with Gasteiger partial charge in [-0.05, 0) is 48.4 Å². The number of aryl methyl sites for hydroxylation is 1. The van der Waals surface area contributed by atoms with Crippen LogP contribution in [-0.2, 0) is 11.8 Å². The minimum atomic E-state index is -0.510. The Kier molecular flexibility index (Phi) is 5.91. The lowest BCUT2D eigenvalue weighted by atomic mass is 10.1. The van der Waals surface area contributed by atoms with Gasteiger partial charge in [0.1, 0.15) is 5.75 Å². The number of ether oxygens (including phenoxy) is 1. The molecular weight excluding hydrogens is 378 g/mol. The molecule has 28 heavy (non-hydrogen) atoms. The van der Waals surface area contributed by atoms with Crippen LogP contribution in [0.2, 0.25) is 5.02 Å². The average Bonchev–Trinajstić information content (AvgIpc) is 3.10. The summed E-state index contributed by atoms with van der Waals surface area (Å²) < 4.78 is 6.86. The summed E-state index contributed by atoms with van der Waals surface area (Å²) >= 11 is 6.13. The van der Waals surface area contributed by atoms with Crippen LogP contribution in [0, 0.1) is 0 Å². The molecule has 0 atom stereocenters. The van der Waals surface area contributed by atoms with Crippen molar-refractivity contribution in [2.75, 3.05) is 5.32 Å². The standard InChI is InChI=1S/C21H18ClN3O3/c1-14(18-5-3-4-6-19(18)22)11-20(26)28-17-9-7-16(8-10-17)24-21(27)15-12-23-25(2)13-15/h3-13H,1-2H3,(H,24,27). The van der Waals surface area contributed by atoms with Gasteiger partial charge in [0.2, 0.25) is 0 Å². The van der Waals surface area contributed by atoms with E-state index in [1.54, 1.807) is 55.2 Å². The van der Waals surface area contributed by atoms with Gasteiger partial charge in [0.25, 0.3) is 5.91 Å². The van der Waals surface area contributed by atoms with Crippen molar-refractivity contribution < 1.29 is 14.3 Å². The molecule has 3 aromatic rings. The van der Waals surface area contributed by atoms with Crippen LogP contribution >= 0.6 is 11.6 Å². The number of allylic oxidation sites excluding steroid dienone is 1. The van der Waals surface area contributed by atoms with Crippen molar-refractivity contribution >= 4 is 34.7 Å². The maximum absolute atomic E-state index is 12.1. The summed E-state index contributed by atoms with van der Waals surface area (Å²) in [4.78, 5) is 24.2. The molecule has 0 aliphatic rings. The van der Waals surface area contributed by atoms with E-state index in [2.05, 4.69) is 10.4 Å². The van der Waals surface area contributed by atoms with E-state index in [0.717, 1.165) is 5.56 Å².